The molecule has 0 bridgehead atoms. The summed E-state index contributed by atoms with van der Waals surface area (Å²) in [7, 11) is 3.46. The van der Waals surface area contributed by atoms with E-state index in [4.69, 9.17) is 0 Å². The minimum atomic E-state index is -0.114. The van der Waals surface area contributed by atoms with Gasteiger partial charge in [0.05, 0.1) is 24.1 Å². The zero-order valence-corrected chi connectivity index (χ0v) is 16.0. The van der Waals surface area contributed by atoms with Crippen LogP contribution in [0.3, 0.4) is 0 Å². The molecule has 0 radical (unpaired) electrons. The molecule has 1 aromatic carbocycles. The average Bonchev–Trinajstić information content (AvgIpc) is 3.00. The summed E-state index contributed by atoms with van der Waals surface area (Å²) in [5, 5.41) is 13.1. The molecule has 1 aromatic heterocycles. The van der Waals surface area contributed by atoms with Crippen molar-refractivity contribution in [3.8, 4) is 0 Å². The predicted octanol–water partition coefficient (Wildman–Crippen LogP) is 0.673. The maximum Gasteiger partial charge on any atom is 0.251 e. The van der Waals surface area contributed by atoms with Crippen molar-refractivity contribution >= 4 is 17.5 Å². The van der Waals surface area contributed by atoms with Crippen molar-refractivity contribution in [2.24, 2.45) is 7.05 Å². The molecule has 1 aliphatic heterocycles. The third-order valence-electron chi connectivity index (χ3n) is 4.97. The number of carbonyl (C=O) groups excluding carboxylic acids is 2. The van der Waals surface area contributed by atoms with Crippen LogP contribution in [0.4, 0.5) is 5.69 Å². The highest BCUT2D eigenvalue weighted by Crippen LogP contribution is 2.23. The Bertz CT molecular complexity index is 831. The lowest BCUT2D eigenvalue weighted by Gasteiger charge is -2.36. The molecule has 8 nitrogen and oxygen atoms in total. The lowest BCUT2D eigenvalue weighted by Crippen LogP contribution is -2.48. The number of piperazine rings is 1. The van der Waals surface area contributed by atoms with Crippen LogP contribution < -0.4 is 16.0 Å². The van der Waals surface area contributed by atoms with Gasteiger partial charge in [0.15, 0.2) is 0 Å². The number of hydrogen-bond acceptors (Lipinski definition) is 5. The predicted molar refractivity (Wildman–Crippen MR) is 104 cm³/mol. The van der Waals surface area contributed by atoms with Gasteiger partial charge in [0, 0.05) is 45.3 Å². The Morgan fingerprint density at radius 3 is 2.89 bits per heavy atom. The zero-order valence-electron chi connectivity index (χ0n) is 16.0. The fourth-order valence-corrected chi connectivity index (χ4v) is 3.29. The monoisotopic (exact) mass is 370 g/mol. The lowest BCUT2D eigenvalue weighted by molar-refractivity contribution is -0.118. The van der Waals surface area contributed by atoms with Gasteiger partial charge in [-0.15, -0.1) is 0 Å². The van der Waals surface area contributed by atoms with Gasteiger partial charge in [-0.25, -0.2) is 0 Å². The summed E-state index contributed by atoms with van der Waals surface area (Å²) in [4.78, 5) is 26.6. The van der Waals surface area contributed by atoms with Gasteiger partial charge in [0.1, 0.15) is 0 Å². The van der Waals surface area contributed by atoms with Gasteiger partial charge in [-0.3, -0.25) is 19.2 Å². The Morgan fingerprint density at radius 1 is 1.37 bits per heavy atom. The number of aromatic nitrogens is 2. The van der Waals surface area contributed by atoms with Crippen LogP contribution in [0.15, 0.2) is 30.5 Å². The van der Waals surface area contributed by atoms with Crippen molar-refractivity contribution in [2.75, 3.05) is 38.5 Å². The number of carbonyl (C=O) groups is 2. The standard InChI is InChI=1S/C19H26N6O2/c1-13-16(10-22-24(13)3)23-18(26)12-25-8-7-21-11-17(25)14-5-4-6-15(9-14)19(27)20-2/h4-6,9-10,17,21H,7-8,11-12H2,1-3H3,(H,20,27)(H,23,26)/t17-/m1/s1. The molecule has 2 amide bonds. The number of aryl methyl sites for hydroxylation is 1. The molecular weight excluding hydrogens is 344 g/mol. The summed E-state index contributed by atoms with van der Waals surface area (Å²) in [6.45, 7) is 4.51. The van der Waals surface area contributed by atoms with Crippen molar-refractivity contribution in [3.05, 3.63) is 47.3 Å². The van der Waals surface area contributed by atoms with Crippen molar-refractivity contribution in [1.82, 2.24) is 25.3 Å². The first kappa shape index (κ1) is 19.1. The SMILES string of the molecule is CNC(=O)c1cccc([C@H]2CNCCN2CC(=O)Nc2cnn(C)c2C)c1. The summed E-state index contributed by atoms with van der Waals surface area (Å²) >= 11 is 0. The van der Waals surface area contributed by atoms with Gasteiger partial charge in [0.2, 0.25) is 5.91 Å². The highest BCUT2D eigenvalue weighted by Gasteiger charge is 2.26. The molecule has 1 aliphatic rings. The van der Waals surface area contributed by atoms with E-state index < -0.39 is 0 Å². The molecule has 3 N–H and O–H groups in total. The molecule has 8 heteroatoms. The molecule has 0 aliphatic carbocycles. The van der Waals surface area contributed by atoms with Crippen molar-refractivity contribution in [1.29, 1.82) is 0 Å². The summed E-state index contributed by atoms with van der Waals surface area (Å²) in [5.41, 5.74) is 3.29. The van der Waals surface area contributed by atoms with Gasteiger partial charge in [-0.05, 0) is 24.6 Å². The van der Waals surface area contributed by atoms with E-state index in [2.05, 4.69) is 25.9 Å². The summed E-state index contributed by atoms with van der Waals surface area (Å²) < 4.78 is 1.73. The molecule has 1 atom stereocenters. The van der Waals surface area contributed by atoms with Crippen LogP contribution >= 0.6 is 0 Å². The van der Waals surface area contributed by atoms with E-state index in [0.29, 0.717) is 5.56 Å². The normalized spacial score (nSPS) is 17.5. The number of benzene rings is 1. The summed E-state index contributed by atoms with van der Waals surface area (Å²) in [6, 6.07) is 7.60. The van der Waals surface area contributed by atoms with Crippen molar-refractivity contribution in [2.45, 2.75) is 13.0 Å². The minimum absolute atomic E-state index is 0.0316. The Morgan fingerprint density at radius 2 is 2.19 bits per heavy atom. The highest BCUT2D eigenvalue weighted by atomic mass is 16.2. The molecular formula is C19H26N6O2. The smallest absolute Gasteiger partial charge is 0.251 e. The van der Waals surface area contributed by atoms with Crippen LogP contribution in [0.1, 0.15) is 27.7 Å². The van der Waals surface area contributed by atoms with Crippen LogP contribution in [0.2, 0.25) is 0 Å². The van der Waals surface area contributed by atoms with Gasteiger partial charge in [-0.2, -0.15) is 5.10 Å². The number of amides is 2. The first-order chi connectivity index (χ1) is 13.0. The van der Waals surface area contributed by atoms with E-state index in [9.17, 15) is 9.59 Å². The quantitative estimate of drug-likeness (QED) is 0.720. The molecule has 27 heavy (non-hydrogen) atoms. The van der Waals surface area contributed by atoms with Gasteiger partial charge < -0.3 is 16.0 Å². The van der Waals surface area contributed by atoms with E-state index in [1.54, 1.807) is 24.0 Å². The highest BCUT2D eigenvalue weighted by molar-refractivity contribution is 5.94. The molecule has 0 spiro atoms. The number of nitrogens with one attached hydrogen (secondary N) is 3. The van der Waals surface area contributed by atoms with Crippen LogP contribution in [-0.4, -0.2) is 59.7 Å². The first-order valence-electron chi connectivity index (χ1n) is 9.05. The molecule has 0 saturated carbocycles. The number of nitrogens with zero attached hydrogens (tertiary/aromatic N) is 3. The Kier molecular flexibility index (Phi) is 5.88. The van der Waals surface area contributed by atoms with Gasteiger partial charge in [0.25, 0.3) is 5.91 Å². The minimum Gasteiger partial charge on any atom is -0.355 e. The largest absolute Gasteiger partial charge is 0.355 e. The van der Waals surface area contributed by atoms with Crippen molar-refractivity contribution in [3.63, 3.8) is 0 Å². The van der Waals surface area contributed by atoms with E-state index in [1.165, 1.54) is 0 Å². The molecule has 2 heterocycles. The third-order valence-corrected chi connectivity index (χ3v) is 4.97. The number of hydrogen-bond donors (Lipinski definition) is 3. The van der Waals surface area contributed by atoms with E-state index in [0.717, 1.165) is 36.6 Å². The number of anilines is 1. The van der Waals surface area contributed by atoms with Crippen LogP contribution in [0.25, 0.3) is 0 Å². The molecule has 0 unspecified atom stereocenters. The second-order valence-corrected chi connectivity index (χ2v) is 6.71. The zero-order chi connectivity index (χ0) is 19.4. The molecule has 1 fully saturated rings. The molecule has 1 saturated heterocycles. The number of rotatable bonds is 5. The molecule has 144 valence electrons. The lowest BCUT2D eigenvalue weighted by atomic mass is 10.0. The average molecular weight is 370 g/mol. The molecule has 2 aromatic rings. The van der Waals surface area contributed by atoms with E-state index >= 15 is 0 Å². The fourth-order valence-electron chi connectivity index (χ4n) is 3.29. The maximum atomic E-state index is 12.6. The first-order valence-corrected chi connectivity index (χ1v) is 9.05. The van der Waals surface area contributed by atoms with Crippen molar-refractivity contribution < 1.29 is 9.59 Å². The maximum absolute atomic E-state index is 12.6. The fraction of sp³-hybridized carbons (Fsp3) is 0.421. The Balaban J connectivity index is 1.73. The van der Waals surface area contributed by atoms with Gasteiger partial charge in [-0.1, -0.05) is 12.1 Å². The third kappa shape index (κ3) is 4.35. The second-order valence-electron chi connectivity index (χ2n) is 6.71. The summed E-state index contributed by atoms with van der Waals surface area (Å²) in [5.74, 6) is -0.183. The van der Waals surface area contributed by atoms with Crippen LogP contribution in [0.5, 0.6) is 0 Å². The van der Waals surface area contributed by atoms with Gasteiger partial charge >= 0.3 is 0 Å². The summed E-state index contributed by atoms with van der Waals surface area (Å²) in [6.07, 6.45) is 1.66. The van der Waals surface area contributed by atoms with E-state index in [1.807, 2.05) is 32.2 Å². The topological polar surface area (TPSA) is 91.3 Å². The van der Waals surface area contributed by atoms with Crippen LogP contribution in [-0.2, 0) is 11.8 Å². The Hall–Kier alpha value is -2.71. The van der Waals surface area contributed by atoms with Crippen LogP contribution in [0, 0.1) is 6.92 Å². The second kappa shape index (κ2) is 8.32. The van der Waals surface area contributed by atoms with E-state index in [-0.39, 0.29) is 24.4 Å². The Labute approximate surface area is 158 Å². The molecule has 3 rings (SSSR count).